The first kappa shape index (κ1) is 9.52. The lowest BCUT2D eigenvalue weighted by Gasteiger charge is -2.26. The number of carbonyl (C=O) groups excluding carboxylic acids is 1. The lowest BCUT2D eigenvalue weighted by atomic mass is 10.1. The number of hydrogen-bond acceptors (Lipinski definition) is 1. The van der Waals surface area contributed by atoms with Gasteiger partial charge < -0.3 is 4.90 Å². The molecule has 1 heterocycles. The zero-order valence-electron chi connectivity index (χ0n) is 7.42. The Labute approximate surface area is 73.4 Å². The molecule has 1 amide bonds. The third-order valence-electron chi connectivity index (χ3n) is 2.24. The van der Waals surface area contributed by atoms with E-state index in [0.29, 0.717) is 12.8 Å². The Hall–Kier alpha value is -0.570. The van der Waals surface area contributed by atoms with Gasteiger partial charge in [0.1, 0.15) is 0 Å². The Morgan fingerprint density at radius 2 is 1.83 bits per heavy atom. The van der Waals surface area contributed by atoms with Crippen LogP contribution in [0.25, 0.3) is 0 Å². The molecule has 1 fully saturated rings. The van der Waals surface area contributed by atoms with Crippen LogP contribution in [0.2, 0.25) is 0 Å². The summed E-state index contributed by atoms with van der Waals surface area (Å²) in [7, 11) is 0. The van der Waals surface area contributed by atoms with Crippen molar-refractivity contribution in [3.05, 3.63) is 0 Å². The van der Waals surface area contributed by atoms with Crippen LogP contribution in [0.1, 0.15) is 32.1 Å². The molecule has 0 atom stereocenters. The molecule has 0 aromatic rings. The molecule has 0 aromatic carbocycles. The van der Waals surface area contributed by atoms with E-state index in [1.165, 1.54) is 6.42 Å². The fourth-order valence-corrected chi connectivity index (χ4v) is 1.52. The summed E-state index contributed by atoms with van der Waals surface area (Å²) in [5.74, 6) is 0.172. The highest BCUT2D eigenvalue weighted by Crippen LogP contribution is 2.10. The summed E-state index contributed by atoms with van der Waals surface area (Å²) in [6.07, 6.45) is 4.44. The third kappa shape index (κ3) is 2.81. The van der Waals surface area contributed by atoms with Gasteiger partial charge in [0, 0.05) is 19.5 Å². The molecule has 3 nitrogen and oxygen atoms in total. The largest absolute Gasteiger partial charge is 0.343 e. The highest BCUT2D eigenvalue weighted by Gasteiger charge is 2.15. The highest BCUT2D eigenvalue weighted by atomic mass is 16.3. The van der Waals surface area contributed by atoms with Gasteiger partial charge in [0.05, 0.1) is 6.61 Å². The van der Waals surface area contributed by atoms with E-state index in [2.05, 4.69) is 0 Å². The van der Waals surface area contributed by atoms with Gasteiger partial charge in [-0.1, -0.05) is 0 Å². The van der Waals surface area contributed by atoms with E-state index in [4.69, 9.17) is 0 Å². The van der Waals surface area contributed by atoms with Crippen molar-refractivity contribution in [3.63, 3.8) is 0 Å². The molecular weight excluding hydrogens is 154 g/mol. The van der Waals surface area contributed by atoms with E-state index in [0.717, 1.165) is 25.9 Å². The minimum atomic E-state index is -0.125. The average Bonchev–Trinajstić information content (AvgIpc) is 2.15. The molecule has 0 N–H and O–H groups in total. The number of amides is 1. The summed E-state index contributed by atoms with van der Waals surface area (Å²) in [5, 5.41) is 10.1. The van der Waals surface area contributed by atoms with Crippen LogP contribution in [0.5, 0.6) is 0 Å². The summed E-state index contributed by atoms with van der Waals surface area (Å²) in [6, 6.07) is 0. The second-order valence-corrected chi connectivity index (χ2v) is 3.25. The maximum absolute atomic E-state index is 11.3. The maximum atomic E-state index is 11.3. The van der Waals surface area contributed by atoms with Gasteiger partial charge in [-0.2, -0.15) is 0 Å². The van der Waals surface area contributed by atoms with Gasteiger partial charge in [-0.05, 0) is 25.7 Å². The molecule has 0 aromatic heterocycles. The van der Waals surface area contributed by atoms with E-state index in [-0.39, 0.29) is 12.5 Å². The van der Waals surface area contributed by atoms with E-state index in [9.17, 15) is 9.90 Å². The van der Waals surface area contributed by atoms with Crippen molar-refractivity contribution in [1.82, 2.24) is 4.90 Å². The smallest absolute Gasteiger partial charge is 0.222 e. The molecule has 1 aliphatic heterocycles. The van der Waals surface area contributed by atoms with Gasteiger partial charge in [0.25, 0.3) is 0 Å². The van der Waals surface area contributed by atoms with Crippen molar-refractivity contribution in [2.75, 3.05) is 19.7 Å². The molecule has 1 aliphatic rings. The predicted octanol–water partition coefficient (Wildman–Crippen LogP) is 1.21. The molecule has 1 rings (SSSR count). The normalized spacial score (nSPS) is 17.9. The summed E-state index contributed by atoms with van der Waals surface area (Å²) < 4.78 is 0. The van der Waals surface area contributed by atoms with E-state index < -0.39 is 0 Å². The molecule has 0 spiro atoms. The van der Waals surface area contributed by atoms with Gasteiger partial charge in [0.2, 0.25) is 5.91 Å². The van der Waals surface area contributed by atoms with E-state index in [1.54, 1.807) is 0 Å². The first-order valence-corrected chi connectivity index (χ1v) is 4.70. The fourth-order valence-electron chi connectivity index (χ4n) is 1.52. The monoisotopic (exact) mass is 170 g/mol. The zero-order valence-corrected chi connectivity index (χ0v) is 7.42. The zero-order chi connectivity index (χ0) is 8.81. The first-order valence-electron chi connectivity index (χ1n) is 4.70. The number of hydrogen-bond donors (Lipinski definition) is 0. The average molecular weight is 170 g/mol. The number of likely N-dealkylation sites (tertiary alicyclic amines) is 1. The summed E-state index contributed by atoms with van der Waals surface area (Å²) in [6.45, 7) is 1.68. The number of nitrogens with zero attached hydrogens (tertiary/aromatic N) is 1. The molecule has 0 unspecified atom stereocenters. The van der Waals surface area contributed by atoms with Crippen molar-refractivity contribution in [3.8, 4) is 0 Å². The molecule has 69 valence electrons. The SMILES string of the molecule is [O]CCCC(=O)N1CCCCC1. The summed E-state index contributed by atoms with van der Waals surface area (Å²) in [4.78, 5) is 13.2. The molecule has 1 saturated heterocycles. The van der Waals surface area contributed by atoms with Crippen LogP contribution < -0.4 is 0 Å². The Bertz CT molecular complexity index is 141. The van der Waals surface area contributed by atoms with Crippen molar-refractivity contribution < 1.29 is 9.90 Å². The lowest BCUT2D eigenvalue weighted by molar-refractivity contribution is -0.132. The molecule has 0 saturated carbocycles. The Kier molecular flexibility index (Phi) is 4.08. The highest BCUT2D eigenvalue weighted by molar-refractivity contribution is 5.76. The molecule has 0 aliphatic carbocycles. The Balaban J connectivity index is 2.20. The number of rotatable bonds is 3. The number of carbonyl (C=O) groups is 1. The van der Waals surface area contributed by atoms with Crippen molar-refractivity contribution >= 4 is 5.91 Å². The summed E-state index contributed by atoms with van der Waals surface area (Å²) in [5.41, 5.74) is 0. The minimum absolute atomic E-state index is 0.125. The van der Waals surface area contributed by atoms with Gasteiger partial charge >= 0.3 is 0 Å². The topological polar surface area (TPSA) is 40.2 Å². The van der Waals surface area contributed by atoms with Crippen LogP contribution >= 0.6 is 0 Å². The van der Waals surface area contributed by atoms with Crippen molar-refractivity contribution in [2.45, 2.75) is 32.1 Å². The van der Waals surface area contributed by atoms with Gasteiger partial charge in [-0.3, -0.25) is 4.79 Å². The van der Waals surface area contributed by atoms with Crippen LogP contribution in [0.15, 0.2) is 0 Å². The van der Waals surface area contributed by atoms with E-state index >= 15 is 0 Å². The third-order valence-corrected chi connectivity index (χ3v) is 2.24. The second-order valence-electron chi connectivity index (χ2n) is 3.25. The molecule has 1 radical (unpaired) electrons. The molecular formula is C9H16NO2. The van der Waals surface area contributed by atoms with Crippen LogP contribution in [0.3, 0.4) is 0 Å². The lowest BCUT2D eigenvalue weighted by Crippen LogP contribution is -2.35. The van der Waals surface area contributed by atoms with Crippen LogP contribution in [-0.4, -0.2) is 30.5 Å². The molecule has 3 heteroatoms. The van der Waals surface area contributed by atoms with Crippen LogP contribution in [0.4, 0.5) is 0 Å². The van der Waals surface area contributed by atoms with Gasteiger partial charge in [-0.25, -0.2) is 5.11 Å². The van der Waals surface area contributed by atoms with Crippen LogP contribution in [-0.2, 0) is 9.90 Å². The van der Waals surface area contributed by atoms with Crippen LogP contribution in [0, 0.1) is 0 Å². The fraction of sp³-hybridized carbons (Fsp3) is 0.889. The first-order chi connectivity index (χ1) is 5.84. The van der Waals surface area contributed by atoms with Crippen molar-refractivity contribution in [2.24, 2.45) is 0 Å². The molecule has 12 heavy (non-hydrogen) atoms. The maximum Gasteiger partial charge on any atom is 0.222 e. The second kappa shape index (κ2) is 5.14. The summed E-state index contributed by atoms with van der Waals surface area (Å²) >= 11 is 0. The van der Waals surface area contributed by atoms with Gasteiger partial charge in [-0.15, -0.1) is 0 Å². The standard InChI is InChI=1S/C9H16NO2/c11-8-4-5-9(12)10-6-2-1-3-7-10/h1-8H2. The number of piperidine rings is 1. The predicted molar refractivity (Wildman–Crippen MR) is 45.2 cm³/mol. The van der Waals surface area contributed by atoms with E-state index in [1.807, 2.05) is 4.90 Å². The van der Waals surface area contributed by atoms with Crippen molar-refractivity contribution in [1.29, 1.82) is 0 Å². The quantitative estimate of drug-likeness (QED) is 0.627. The Morgan fingerprint density at radius 1 is 1.17 bits per heavy atom. The minimum Gasteiger partial charge on any atom is -0.343 e. The van der Waals surface area contributed by atoms with Gasteiger partial charge in [0.15, 0.2) is 0 Å². The Morgan fingerprint density at radius 3 is 2.42 bits per heavy atom. The molecule has 0 bridgehead atoms.